The highest BCUT2D eigenvalue weighted by Crippen LogP contribution is 2.16. The molecule has 2 aliphatic rings. The molecule has 0 saturated carbocycles. The van der Waals surface area contributed by atoms with Gasteiger partial charge in [-0.1, -0.05) is 6.92 Å². The number of nitrogens with one attached hydrogen (secondary N) is 1. The SMILES string of the molecule is CC1CCCN(C(=NCC2CCCO2)NCCc2ccco2)C1.I. The van der Waals surface area contributed by atoms with Crippen LogP contribution in [0, 0.1) is 5.92 Å². The molecule has 6 heteroatoms. The normalized spacial score (nSPS) is 24.7. The van der Waals surface area contributed by atoms with Crippen molar-refractivity contribution in [2.24, 2.45) is 10.9 Å². The van der Waals surface area contributed by atoms with Crippen LogP contribution in [-0.4, -0.2) is 49.7 Å². The fraction of sp³-hybridized carbons (Fsp3) is 0.722. The van der Waals surface area contributed by atoms with E-state index in [2.05, 4.69) is 17.1 Å². The average Bonchev–Trinajstić information content (AvgIpc) is 3.24. The highest BCUT2D eigenvalue weighted by molar-refractivity contribution is 14.0. The minimum atomic E-state index is 0. The topological polar surface area (TPSA) is 50.0 Å². The van der Waals surface area contributed by atoms with Crippen molar-refractivity contribution >= 4 is 29.9 Å². The molecular weight excluding hydrogens is 417 g/mol. The highest BCUT2D eigenvalue weighted by atomic mass is 127. The zero-order chi connectivity index (χ0) is 15.9. The standard InChI is InChI=1S/C18H29N3O2.HI/c1-15-5-2-10-21(14-15)18(20-13-17-7-4-12-23-17)19-9-8-16-6-3-11-22-16;/h3,6,11,15,17H,2,4-5,7-10,12-14H2,1H3,(H,19,20);1H. The van der Waals surface area contributed by atoms with Gasteiger partial charge < -0.3 is 19.4 Å². The molecule has 0 aliphatic carbocycles. The number of hydrogen-bond donors (Lipinski definition) is 1. The maximum absolute atomic E-state index is 5.71. The Balaban J connectivity index is 0.00000208. The summed E-state index contributed by atoms with van der Waals surface area (Å²) in [6.45, 7) is 7.03. The Morgan fingerprint density at radius 3 is 3.00 bits per heavy atom. The van der Waals surface area contributed by atoms with Crippen LogP contribution >= 0.6 is 24.0 Å². The van der Waals surface area contributed by atoms with Gasteiger partial charge in [0.25, 0.3) is 0 Å². The molecule has 0 aromatic carbocycles. The third kappa shape index (κ3) is 5.95. The largest absolute Gasteiger partial charge is 0.469 e. The Hall–Kier alpha value is -0.760. The Bertz CT molecular complexity index is 486. The van der Waals surface area contributed by atoms with Crippen LogP contribution in [0.5, 0.6) is 0 Å². The van der Waals surface area contributed by atoms with Gasteiger partial charge in [-0.2, -0.15) is 0 Å². The van der Waals surface area contributed by atoms with E-state index < -0.39 is 0 Å². The summed E-state index contributed by atoms with van der Waals surface area (Å²) in [6.07, 6.45) is 7.80. The Morgan fingerprint density at radius 1 is 1.38 bits per heavy atom. The van der Waals surface area contributed by atoms with Crippen LogP contribution < -0.4 is 5.32 Å². The minimum absolute atomic E-state index is 0. The van der Waals surface area contributed by atoms with Gasteiger partial charge in [0.05, 0.1) is 18.9 Å². The van der Waals surface area contributed by atoms with Crippen molar-refractivity contribution in [3.8, 4) is 0 Å². The highest BCUT2D eigenvalue weighted by Gasteiger charge is 2.21. The Labute approximate surface area is 162 Å². The molecule has 3 rings (SSSR count). The van der Waals surface area contributed by atoms with Gasteiger partial charge in [0.15, 0.2) is 5.96 Å². The molecule has 2 fully saturated rings. The quantitative estimate of drug-likeness (QED) is 0.428. The van der Waals surface area contributed by atoms with Crippen LogP contribution in [0.15, 0.2) is 27.8 Å². The second-order valence-electron chi connectivity index (χ2n) is 6.75. The summed E-state index contributed by atoms with van der Waals surface area (Å²) < 4.78 is 11.1. The van der Waals surface area contributed by atoms with Gasteiger partial charge >= 0.3 is 0 Å². The number of ether oxygens (including phenoxy) is 1. The molecule has 1 aromatic rings. The summed E-state index contributed by atoms with van der Waals surface area (Å²) in [5.41, 5.74) is 0. The second kappa shape index (κ2) is 10.3. The summed E-state index contributed by atoms with van der Waals surface area (Å²) in [5, 5.41) is 3.53. The molecule has 3 heterocycles. The molecule has 5 nitrogen and oxygen atoms in total. The third-order valence-electron chi connectivity index (χ3n) is 4.66. The first-order valence-electron chi connectivity index (χ1n) is 8.98. The lowest BCUT2D eigenvalue weighted by molar-refractivity contribution is 0.117. The van der Waals surface area contributed by atoms with E-state index in [1.807, 2.05) is 12.1 Å². The number of likely N-dealkylation sites (tertiary alicyclic amines) is 1. The Kier molecular flexibility index (Phi) is 8.38. The van der Waals surface area contributed by atoms with Crippen molar-refractivity contribution < 1.29 is 9.15 Å². The lowest BCUT2D eigenvalue weighted by Crippen LogP contribution is -2.47. The van der Waals surface area contributed by atoms with Crippen LogP contribution in [-0.2, 0) is 11.2 Å². The molecule has 0 spiro atoms. The summed E-state index contributed by atoms with van der Waals surface area (Å²) in [5.74, 6) is 2.80. The molecule has 2 saturated heterocycles. The van der Waals surface area contributed by atoms with E-state index >= 15 is 0 Å². The van der Waals surface area contributed by atoms with Crippen molar-refractivity contribution in [2.45, 2.75) is 45.1 Å². The fourth-order valence-corrected chi connectivity index (χ4v) is 3.38. The molecule has 2 unspecified atom stereocenters. The van der Waals surface area contributed by atoms with E-state index in [0.717, 1.165) is 63.3 Å². The van der Waals surface area contributed by atoms with Crippen LogP contribution in [0.1, 0.15) is 38.4 Å². The van der Waals surface area contributed by atoms with Gasteiger partial charge in [0, 0.05) is 32.7 Å². The monoisotopic (exact) mass is 447 g/mol. The predicted octanol–water partition coefficient (Wildman–Crippen LogP) is 3.30. The second-order valence-corrected chi connectivity index (χ2v) is 6.75. The first-order chi connectivity index (χ1) is 11.3. The van der Waals surface area contributed by atoms with E-state index in [1.54, 1.807) is 6.26 Å². The molecule has 0 amide bonds. The zero-order valence-corrected chi connectivity index (χ0v) is 16.9. The number of rotatable bonds is 5. The molecule has 1 aromatic heterocycles. The summed E-state index contributed by atoms with van der Waals surface area (Å²) >= 11 is 0. The predicted molar refractivity (Wildman–Crippen MR) is 107 cm³/mol. The number of halogens is 1. The smallest absolute Gasteiger partial charge is 0.194 e. The maximum Gasteiger partial charge on any atom is 0.194 e. The van der Waals surface area contributed by atoms with E-state index in [9.17, 15) is 0 Å². The molecule has 24 heavy (non-hydrogen) atoms. The van der Waals surface area contributed by atoms with Crippen molar-refractivity contribution in [2.75, 3.05) is 32.8 Å². The molecule has 136 valence electrons. The number of hydrogen-bond acceptors (Lipinski definition) is 3. The van der Waals surface area contributed by atoms with E-state index in [1.165, 1.54) is 19.3 Å². The van der Waals surface area contributed by atoms with Crippen molar-refractivity contribution in [1.29, 1.82) is 0 Å². The first kappa shape index (κ1) is 19.6. The zero-order valence-electron chi connectivity index (χ0n) is 14.6. The number of nitrogens with zero attached hydrogens (tertiary/aromatic N) is 2. The minimum Gasteiger partial charge on any atom is -0.469 e. The van der Waals surface area contributed by atoms with Crippen LogP contribution in [0.2, 0.25) is 0 Å². The number of furan rings is 1. The summed E-state index contributed by atoms with van der Waals surface area (Å²) in [4.78, 5) is 7.27. The Morgan fingerprint density at radius 2 is 2.29 bits per heavy atom. The van der Waals surface area contributed by atoms with Crippen LogP contribution in [0.4, 0.5) is 0 Å². The summed E-state index contributed by atoms with van der Waals surface area (Å²) in [6, 6.07) is 3.96. The fourth-order valence-electron chi connectivity index (χ4n) is 3.38. The third-order valence-corrected chi connectivity index (χ3v) is 4.66. The molecular formula is C18H30IN3O2. The molecule has 0 bridgehead atoms. The van der Waals surface area contributed by atoms with Crippen molar-refractivity contribution in [3.63, 3.8) is 0 Å². The molecule has 2 aliphatic heterocycles. The van der Waals surface area contributed by atoms with Gasteiger partial charge in [-0.25, -0.2) is 0 Å². The van der Waals surface area contributed by atoms with Gasteiger partial charge in [-0.15, -0.1) is 24.0 Å². The number of piperidine rings is 1. The lowest BCUT2D eigenvalue weighted by atomic mass is 10.0. The number of guanidine groups is 1. The van der Waals surface area contributed by atoms with Crippen molar-refractivity contribution in [3.05, 3.63) is 24.2 Å². The lowest BCUT2D eigenvalue weighted by Gasteiger charge is -2.33. The van der Waals surface area contributed by atoms with E-state index in [4.69, 9.17) is 14.1 Å². The van der Waals surface area contributed by atoms with E-state index in [-0.39, 0.29) is 24.0 Å². The van der Waals surface area contributed by atoms with Gasteiger partial charge in [-0.3, -0.25) is 4.99 Å². The number of aliphatic imine (C=N–C) groups is 1. The van der Waals surface area contributed by atoms with Gasteiger partial charge in [0.1, 0.15) is 5.76 Å². The van der Waals surface area contributed by atoms with Crippen LogP contribution in [0.25, 0.3) is 0 Å². The first-order valence-corrected chi connectivity index (χ1v) is 8.98. The summed E-state index contributed by atoms with van der Waals surface area (Å²) in [7, 11) is 0. The van der Waals surface area contributed by atoms with Gasteiger partial charge in [-0.05, 0) is 43.7 Å². The molecule has 2 atom stereocenters. The maximum atomic E-state index is 5.71. The molecule has 1 N–H and O–H groups in total. The average molecular weight is 447 g/mol. The van der Waals surface area contributed by atoms with Crippen LogP contribution in [0.3, 0.4) is 0 Å². The van der Waals surface area contributed by atoms with Crippen molar-refractivity contribution in [1.82, 2.24) is 10.2 Å². The molecule has 0 radical (unpaired) electrons. The van der Waals surface area contributed by atoms with E-state index in [0.29, 0.717) is 6.10 Å². The van der Waals surface area contributed by atoms with Gasteiger partial charge in [0.2, 0.25) is 0 Å².